The van der Waals surface area contributed by atoms with Crippen molar-refractivity contribution in [2.75, 3.05) is 6.54 Å². The smallest absolute Gasteiger partial charge is 0.418 e. The van der Waals surface area contributed by atoms with Gasteiger partial charge in [-0.05, 0) is 58.4 Å². The maximum Gasteiger partial charge on any atom is 0.418 e. The predicted molar refractivity (Wildman–Crippen MR) is 101 cm³/mol. The number of fused-ring (bicyclic) bond motifs is 3. The minimum absolute atomic E-state index is 0.0875. The van der Waals surface area contributed by atoms with Crippen molar-refractivity contribution in [3.63, 3.8) is 0 Å². The number of amides is 2. The van der Waals surface area contributed by atoms with Gasteiger partial charge in [-0.25, -0.2) is 9.69 Å². The van der Waals surface area contributed by atoms with E-state index in [1.165, 1.54) is 0 Å². The second kappa shape index (κ2) is 6.05. The summed E-state index contributed by atoms with van der Waals surface area (Å²) in [6, 6.07) is 3.54. The topological polar surface area (TPSA) is 94.6 Å². The van der Waals surface area contributed by atoms with Crippen LogP contribution in [-0.4, -0.2) is 44.6 Å². The van der Waals surface area contributed by atoms with E-state index < -0.39 is 11.7 Å². The zero-order valence-electron chi connectivity index (χ0n) is 16.7. The summed E-state index contributed by atoms with van der Waals surface area (Å²) in [6.07, 6.45) is 2.82. The molecule has 2 saturated carbocycles. The van der Waals surface area contributed by atoms with E-state index in [1.807, 2.05) is 18.4 Å². The van der Waals surface area contributed by atoms with Crippen LogP contribution in [0.5, 0.6) is 0 Å². The Labute approximate surface area is 167 Å². The summed E-state index contributed by atoms with van der Waals surface area (Å²) in [7, 11) is 0. The molecule has 5 rings (SSSR count). The molecule has 3 unspecified atom stereocenters. The zero-order chi connectivity index (χ0) is 20.5. The second-order valence-corrected chi connectivity index (χ2v) is 8.57. The van der Waals surface area contributed by atoms with Crippen molar-refractivity contribution in [2.24, 2.45) is 11.8 Å². The number of hydrogen-bond donors (Lipinski definition) is 0. The molecular formula is C21H23N3O5. The third kappa shape index (κ3) is 2.51. The first-order valence-corrected chi connectivity index (χ1v) is 10.0. The first-order valence-electron chi connectivity index (χ1n) is 10.0. The number of ketones is 1. The molecule has 3 fully saturated rings. The van der Waals surface area contributed by atoms with Gasteiger partial charge < -0.3 is 9.26 Å². The Morgan fingerprint density at radius 1 is 1.24 bits per heavy atom. The lowest BCUT2D eigenvalue weighted by atomic mass is 9.83. The standard InChI is InChI=1S/C21H23N3O5/c1-11-6-16(13(3)24(11)18-7-12(2)29-22-18)17(25)10-23-19(26)21(28-20(23)27)9-14-4-5-15(21)8-14/h6-7,14-15H,4-5,8-10H2,1-3H3. The molecule has 1 spiro atoms. The van der Waals surface area contributed by atoms with Crippen LogP contribution < -0.4 is 0 Å². The average Bonchev–Trinajstić information content (AvgIpc) is 3.46. The van der Waals surface area contributed by atoms with Crippen LogP contribution in [0.1, 0.15) is 53.2 Å². The van der Waals surface area contributed by atoms with Gasteiger partial charge in [-0.3, -0.25) is 14.2 Å². The summed E-state index contributed by atoms with van der Waals surface area (Å²) in [5, 5.41) is 4.02. The van der Waals surface area contributed by atoms with E-state index in [0.29, 0.717) is 35.2 Å². The minimum atomic E-state index is -1.03. The van der Waals surface area contributed by atoms with Crippen molar-refractivity contribution >= 4 is 17.8 Å². The van der Waals surface area contributed by atoms with Crippen LogP contribution in [0.4, 0.5) is 4.79 Å². The number of carbonyl (C=O) groups excluding carboxylic acids is 3. The molecule has 1 saturated heterocycles. The van der Waals surface area contributed by atoms with Crippen LogP contribution in [0.2, 0.25) is 0 Å². The lowest BCUT2D eigenvalue weighted by Crippen LogP contribution is -2.46. The number of hydrogen-bond acceptors (Lipinski definition) is 6. The first-order chi connectivity index (χ1) is 13.8. The van der Waals surface area contributed by atoms with Crippen molar-refractivity contribution < 1.29 is 23.6 Å². The maximum atomic E-state index is 13.1. The maximum absolute atomic E-state index is 13.1. The molecule has 2 aromatic rings. The third-order valence-corrected chi connectivity index (χ3v) is 6.77. The molecule has 3 aliphatic rings. The molecule has 152 valence electrons. The van der Waals surface area contributed by atoms with Gasteiger partial charge in [0.1, 0.15) is 5.76 Å². The Hall–Kier alpha value is -2.90. The molecule has 0 radical (unpaired) electrons. The van der Waals surface area contributed by atoms with Crippen molar-refractivity contribution in [1.82, 2.24) is 14.6 Å². The monoisotopic (exact) mass is 397 g/mol. The second-order valence-electron chi connectivity index (χ2n) is 8.57. The van der Waals surface area contributed by atoms with Crippen molar-refractivity contribution in [3.05, 3.63) is 34.8 Å². The highest BCUT2D eigenvalue weighted by molar-refractivity contribution is 6.09. The van der Waals surface area contributed by atoms with Gasteiger partial charge in [-0.1, -0.05) is 5.16 Å². The molecule has 2 bridgehead atoms. The highest BCUT2D eigenvalue weighted by Crippen LogP contribution is 2.55. The molecule has 8 heteroatoms. The number of ether oxygens (including phenoxy) is 1. The summed E-state index contributed by atoms with van der Waals surface area (Å²) < 4.78 is 12.6. The number of rotatable bonds is 4. The predicted octanol–water partition coefficient (Wildman–Crippen LogP) is 3.11. The Bertz CT molecular complexity index is 1050. The zero-order valence-corrected chi connectivity index (χ0v) is 16.7. The number of nitrogens with zero attached hydrogens (tertiary/aromatic N) is 3. The molecule has 2 aliphatic carbocycles. The van der Waals surface area contributed by atoms with Crippen molar-refractivity contribution in [2.45, 2.75) is 52.1 Å². The van der Waals surface area contributed by atoms with Crippen LogP contribution in [0.25, 0.3) is 5.82 Å². The van der Waals surface area contributed by atoms with Gasteiger partial charge in [-0.15, -0.1) is 0 Å². The third-order valence-electron chi connectivity index (χ3n) is 6.77. The van der Waals surface area contributed by atoms with Gasteiger partial charge >= 0.3 is 6.09 Å². The minimum Gasteiger partial charge on any atom is -0.432 e. The van der Waals surface area contributed by atoms with Gasteiger partial charge in [0.25, 0.3) is 5.91 Å². The van der Waals surface area contributed by atoms with E-state index in [1.54, 1.807) is 19.1 Å². The van der Waals surface area contributed by atoms with Gasteiger partial charge in [-0.2, -0.15) is 0 Å². The van der Waals surface area contributed by atoms with E-state index in [2.05, 4.69) is 5.16 Å². The molecule has 29 heavy (non-hydrogen) atoms. The van der Waals surface area contributed by atoms with E-state index in [0.717, 1.165) is 29.9 Å². The van der Waals surface area contributed by atoms with E-state index in [4.69, 9.17) is 9.26 Å². The van der Waals surface area contributed by atoms with Crippen LogP contribution in [0.15, 0.2) is 16.7 Å². The number of aromatic nitrogens is 2. The van der Waals surface area contributed by atoms with Crippen LogP contribution in [0, 0.1) is 32.6 Å². The lowest BCUT2D eigenvalue weighted by Gasteiger charge is -2.29. The molecule has 3 atom stereocenters. The number of imide groups is 1. The van der Waals surface area contributed by atoms with Crippen LogP contribution >= 0.6 is 0 Å². The first kappa shape index (κ1) is 18.1. The molecular weight excluding hydrogens is 374 g/mol. The summed E-state index contributed by atoms with van der Waals surface area (Å²) in [5.41, 5.74) is 0.933. The molecule has 0 N–H and O–H groups in total. The molecule has 2 amide bonds. The summed E-state index contributed by atoms with van der Waals surface area (Å²) in [4.78, 5) is 39.6. The quantitative estimate of drug-likeness (QED) is 0.736. The molecule has 3 heterocycles. The van der Waals surface area contributed by atoms with Crippen molar-refractivity contribution in [1.29, 1.82) is 0 Å². The molecule has 1 aliphatic heterocycles. The average molecular weight is 397 g/mol. The lowest BCUT2D eigenvalue weighted by molar-refractivity contribution is -0.140. The van der Waals surface area contributed by atoms with E-state index in [9.17, 15) is 14.4 Å². The Morgan fingerprint density at radius 3 is 2.66 bits per heavy atom. The van der Waals surface area contributed by atoms with Gasteiger partial charge in [0.05, 0.1) is 6.54 Å². The fourth-order valence-corrected chi connectivity index (χ4v) is 5.45. The van der Waals surface area contributed by atoms with Gasteiger partial charge in [0.2, 0.25) is 0 Å². The van der Waals surface area contributed by atoms with Crippen molar-refractivity contribution in [3.8, 4) is 5.82 Å². The molecule has 2 aromatic heterocycles. The number of aryl methyl sites for hydroxylation is 2. The molecule has 0 aromatic carbocycles. The highest BCUT2D eigenvalue weighted by Gasteiger charge is 2.64. The number of carbonyl (C=O) groups is 3. The van der Waals surface area contributed by atoms with Gasteiger partial charge in [0, 0.05) is 28.9 Å². The van der Waals surface area contributed by atoms with Crippen LogP contribution in [-0.2, 0) is 9.53 Å². The highest BCUT2D eigenvalue weighted by atomic mass is 16.6. The summed E-state index contributed by atoms with van der Waals surface area (Å²) in [5.74, 6) is 1.15. The van der Waals surface area contributed by atoms with E-state index in [-0.39, 0.29) is 24.2 Å². The normalized spacial score (nSPS) is 28.0. The number of Topliss-reactive ketones (excluding diaryl/α,β-unsaturated/α-hetero) is 1. The Kier molecular flexibility index (Phi) is 3.78. The van der Waals surface area contributed by atoms with E-state index >= 15 is 0 Å². The molecule has 8 nitrogen and oxygen atoms in total. The van der Waals surface area contributed by atoms with Crippen LogP contribution in [0.3, 0.4) is 0 Å². The largest absolute Gasteiger partial charge is 0.432 e. The Balaban J connectivity index is 1.40. The fourth-order valence-electron chi connectivity index (χ4n) is 5.45. The van der Waals surface area contributed by atoms with Gasteiger partial charge in [0.15, 0.2) is 17.2 Å². The summed E-state index contributed by atoms with van der Waals surface area (Å²) >= 11 is 0. The SMILES string of the molecule is Cc1cc(-n2c(C)cc(C(=O)CN3C(=O)OC4(CC5CCC4C5)C3=O)c2C)no1. The summed E-state index contributed by atoms with van der Waals surface area (Å²) in [6.45, 7) is 5.17. The fraction of sp³-hybridized carbons (Fsp3) is 0.524. The Morgan fingerprint density at radius 2 is 2.03 bits per heavy atom.